The average Bonchev–Trinajstić information content (AvgIpc) is 3.41. The van der Waals surface area contributed by atoms with Crippen molar-refractivity contribution in [3.05, 3.63) is 59.7 Å². The Labute approximate surface area is 216 Å². The molecule has 3 unspecified atom stereocenters. The van der Waals surface area contributed by atoms with Gasteiger partial charge in [0.05, 0.1) is 12.7 Å². The lowest BCUT2D eigenvalue weighted by molar-refractivity contribution is -0.120. The second-order valence-corrected chi connectivity index (χ2v) is 10.7. The van der Waals surface area contributed by atoms with E-state index in [0.29, 0.717) is 18.9 Å². The zero-order valence-corrected chi connectivity index (χ0v) is 22.2. The Morgan fingerprint density at radius 1 is 0.917 bits per heavy atom. The molecule has 0 radical (unpaired) electrons. The summed E-state index contributed by atoms with van der Waals surface area (Å²) in [6.45, 7) is 5.70. The maximum atomic E-state index is 13.1. The first kappa shape index (κ1) is 26.4. The zero-order valence-electron chi connectivity index (χ0n) is 22.2. The van der Waals surface area contributed by atoms with Gasteiger partial charge in [0.15, 0.2) is 0 Å². The smallest absolute Gasteiger partial charge is 0.253 e. The van der Waals surface area contributed by atoms with Crippen LogP contribution in [0.25, 0.3) is 11.1 Å². The quantitative estimate of drug-likeness (QED) is 0.443. The third kappa shape index (κ3) is 6.56. The van der Waals surface area contributed by atoms with Gasteiger partial charge < -0.3 is 15.0 Å². The van der Waals surface area contributed by atoms with Gasteiger partial charge in [0.1, 0.15) is 0 Å². The third-order valence-electron chi connectivity index (χ3n) is 8.11. The van der Waals surface area contributed by atoms with Gasteiger partial charge in [-0.2, -0.15) is 0 Å². The van der Waals surface area contributed by atoms with Crippen LogP contribution in [0.5, 0.6) is 0 Å². The summed E-state index contributed by atoms with van der Waals surface area (Å²) in [4.78, 5) is 26.6. The van der Waals surface area contributed by atoms with Gasteiger partial charge in [-0.3, -0.25) is 9.59 Å². The molecule has 1 aliphatic carbocycles. The fourth-order valence-corrected chi connectivity index (χ4v) is 5.74. The molecule has 4 rings (SSSR count). The normalized spacial score (nSPS) is 23.9. The predicted molar refractivity (Wildman–Crippen MR) is 145 cm³/mol. The summed E-state index contributed by atoms with van der Waals surface area (Å²) in [5, 5.41) is 3.00. The van der Waals surface area contributed by atoms with Crippen molar-refractivity contribution in [2.24, 2.45) is 11.8 Å². The van der Waals surface area contributed by atoms with Crippen LogP contribution in [0, 0.1) is 11.8 Å². The molecule has 2 fully saturated rings. The maximum Gasteiger partial charge on any atom is 0.253 e. The van der Waals surface area contributed by atoms with E-state index in [4.69, 9.17) is 4.74 Å². The van der Waals surface area contributed by atoms with E-state index in [-0.39, 0.29) is 24.0 Å². The van der Waals surface area contributed by atoms with Crippen molar-refractivity contribution in [2.75, 3.05) is 20.2 Å². The molecule has 2 amide bonds. The predicted octanol–water partition coefficient (Wildman–Crippen LogP) is 6.39. The minimum absolute atomic E-state index is 0.0657. The molecular weight excluding hydrogens is 448 g/mol. The molecule has 0 aromatic heterocycles. The average molecular weight is 491 g/mol. The topological polar surface area (TPSA) is 58.6 Å². The first-order valence-electron chi connectivity index (χ1n) is 13.8. The lowest BCUT2D eigenvalue weighted by Gasteiger charge is -2.29. The van der Waals surface area contributed by atoms with Gasteiger partial charge >= 0.3 is 0 Å². The largest absolute Gasteiger partial charge is 0.373 e. The van der Waals surface area contributed by atoms with E-state index in [2.05, 4.69) is 36.5 Å². The molecule has 36 heavy (non-hydrogen) atoms. The molecule has 5 nitrogen and oxygen atoms in total. The van der Waals surface area contributed by atoms with Crippen LogP contribution in [-0.2, 0) is 9.53 Å². The summed E-state index contributed by atoms with van der Waals surface area (Å²) in [6, 6.07) is 16.9. The number of rotatable bonds is 9. The second kappa shape index (κ2) is 12.5. The highest BCUT2D eigenvalue weighted by atomic mass is 16.5. The van der Waals surface area contributed by atoms with Gasteiger partial charge in [-0.05, 0) is 79.2 Å². The number of carbonyl (C=O) groups excluding carboxylic acids is 2. The Bertz CT molecular complexity index is 993. The van der Waals surface area contributed by atoms with Crippen molar-refractivity contribution in [3.63, 3.8) is 0 Å². The van der Waals surface area contributed by atoms with E-state index >= 15 is 0 Å². The molecule has 2 aromatic rings. The van der Waals surface area contributed by atoms with Crippen LogP contribution in [0.3, 0.4) is 0 Å². The SMILES string of the molecule is CCCC1CCC(c2ccc(-c3ccc(C(=O)N(C)[C@H]4CCC(CNC(=O)CC)C4)cc3)cc2)OC1. The Morgan fingerprint density at radius 2 is 1.58 bits per heavy atom. The highest BCUT2D eigenvalue weighted by molar-refractivity contribution is 5.94. The molecule has 5 heteroatoms. The Kier molecular flexibility index (Phi) is 9.19. The van der Waals surface area contributed by atoms with E-state index in [1.54, 1.807) is 0 Å². The van der Waals surface area contributed by atoms with Crippen molar-refractivity contribution in [3.8, 4) is 11.1 Å². The molecule has 2 aliphatic rings. The standard InChI is InChI=1S/C31H42N2O3/c1-4-6-22-8-18-29(36-21-22)26-13-9-24(10-14-26)25-11-15-27(16-12-25)31(35)33(3)28-17-7-23(19-28)20-32-30(34)5-2/h9-16,22-23,28-29H,4-8,17-21H2,1-3H3,(H,32,34)/t22?,23?,28-,29?/m0/s1. The van der Waals surface area contributed by atoms with Crippen molar-refractivity contribution < 1.29 is 14.3 Å². The number of carbonyl (C=O) groups is 2. The molecule has 1 aliphatic heterocycles. The van der Waals surface area contributed by atoms with Crippen molar-refractivity contribution in [1.29, 1.82) is 0 Å². The monoisotopic (exact) mass is 490 g/mol. The van der Waals surface area contributed by atoms with Gasteiger partial charge in [0, 0.05) is 31.6 Å². The number of ether oxygens (including phenoxy) is 1. The van der Waals surface area contributed by atoms with Gasteiger partial charge in [-0.15, -0.1) is 0 Å². The summed E-state index contributed by atoms with van der Waals surface area (Å²) in [7, 11) is 1.91. The molecule has 1 N–H and O–H groups in total. The third-order valence-corrected chi connectivity index (χ3v) is 8.11. The number of nitrogens with one attached hydrogen (secondary N) is 1. The van der Waals surface area contributed by atoms with Gasteiger partial charge in [-0.1, -0.05) is 56.7 Å². The van der Waals surface area contributed by atoms with Crippen LogP contribution in [0.4, 0.5) is 0 Å². The second-order valence-electron chi connectivity index (χ2n) is 10.7. The van der Waals surface area contributed by atoms with E-state index in [0.717, 1.165) is 54.9 Å². The molecule has 4 atom stereocenters. The van der Waals surface area contributed by atoms with Crippen molar-refractivity contribution in [2.45, 2.75) is 77.4 Å². The van der Waals surface area contributed by atoms with Gasteiger partial charge in [0.25, 0.3) is 5.91 Å². The molecule has 2 aromatic carbocycles. The van der Waals surface area contributed by atoms with Gasteiger partial charge in [-0.25, -0.2) is 0 Å². The van der Waals surface area contributed by atoms with Crippen molar-refractivity contribution >= 4 is 11.8 Å². The Hall–Kier alpha value is -2.66. The number of amides is 2. The number of hydrogen-bond donors (Lipinski definition) is 1. The summed E-state index contributed by atoms with van der Waals surface area (Å²) in [6.07, 6.45) is 8.56. The van der Waals surface area contributed by atoms with E-state index in [1.807, 2.05) is 43.1 Å². The summed E-state index contributed by atoms with van der Waals surface area (Å²) < 4.78 is 6.16. The Balaban J connectivity index is 1.31. The summed E-state index contributed by atoms with van der Waals surface area (Å²) in [5.74, 6) is 1.33. The van der Waals surface area contributed by atoms with Crippen LogP contribution in [0.2, 0.25) is 0 Å². The first-order chi connectivity index (χ1) is 17.5. The maximum absolute atomic E-state index is 13.1. The van der Waals surface area contributed by atoms with E-state index < -0.39 is 0 Å². The fourth-order valence-electron chi connectivity index (χ4n) is 5.74. The van der Waals surface area contributed by atoms with Crippen LogP contribution < -0.4 is 5.32 Å². The van der Waals surface area contributed by atoms with Crippen LogP contribution in [0.15, 0.2) is 48.5 Å². The molecule has 0 spiro atoms. The van der Waals surface area contributed by atoms with Crippen LogP contribution in [-0.4, -0.2) is 43.0 Å². The highest BCUT2D eigenvalue weighted by Gasteiger charge is 2.30. The van der Waals surface area contributed by atoms with Crippen molar-refractivity contribution in [1.82, 2.24) is 10.2 Å². The summed E-state index contributed by atoms with van der Waals surface area (Å²) >= 11 is 0. The molecule has 1 heterocycles. The van der Waals surface area contributed by atoms with E-state index in [9.17, 15) is 9.59 Å². The van der Waals surface area contributed by atoms with Crippen LogP contribution in [0.1, 0.15) is 87.2 Å². The lowest BCUT2D eigenvalue weighted by Crippen LogP contribution is -2.36. The number of nitrogens with zero attached hydrogens (tertiary/aromatic N) is 1. The lowest BCUT2D eigenvalue weighted by atomic mass is 9.91. The molecule has 0 bridgehead atoms. The fraction of sp³-hybridized carbons (Fsp3) is 0.548. The van der Waals surface area contributed by atoms with E-state index in [1.165, 1.54) is 24.8 Å². The molecule has 1 saturated carbocycles. The highest BCUT2D eigenvalue weighted by Crippen LogP contribution is 2.34. The molecule has 1 saturated heterocycles. The zero-order chi connectivity index (χ0) is 25.5. The molecular formula is C31H42N2O3. The van der Waals surface area contributed by atoms with Gasteiger partial charge in [0.2, 0.25) is 5.91 Å². The minimum atomic E-state index is 0.0657. The minimum Gasteiger partial charge on any atom is -0.373 e. The summed E-state index contributed by atoms with van der Waals surface area (Å²) in [5.41, 5.74) is 4.24. The number of hydrogen-bond acceptors (Lipinski definition) is 3. The number of benzene rings is 2. The first-order valence-corrected chi connectivity index (χ1v) is 13.8. The molecule has 194 valence electrons. The van der Waals surface area contributed by atoms with Crippen LogP contribution >= 0.6 is 0 Å². The Morgan fingerprint density at radius 3 is 2.19 bits per heavy atom.